The molecular weight excluding hydrogens is 292 g/mol. The maximum atomic E-state index is 12.0. The molecule has 3 N–H and O–H groups in total. The molecule has 7 nitrogen and oxygen atoms in total. The van der Waals surface area contributed by atoms with Gasteiger partial charge in [0, 0.05) is 25.4 Å². The lowest BCUT2D eigenvalue weighted by Crippen LogP contribution is -2.25. The lowest BCUT2D eigenvalue weighted by Gasteiger charge is -2.03. The standard InChI is InChI=1S/C13H20N4O3S/c1-2-6-14-10-11-3-4-13(20-11)21(18,19)17-7-5-12-15-8-9-16-12/h3-4,8-9,14,17H,2,5-7,10H2,1H3,(H,15,16). The third-order valence-corrected chi connectivity index (χ3v) is 4.17. The van der Waals surface area contributed by atoms with E-state index in [1.165, 1.54) is 6.07 Å². The van der Waals surface area contributed by atoms with E-state index in [0.29, 0.717) is 18.7 Å². The van der Waals surface area contributed by atoms with Crippen molar-refractivity contribution < 1.29 is 12.8 Å². The molecule has 0 fully saturated rings. The lowest BCUT2D eigenvalue weighted by atomic mass is 10.4. The molecule has 0 radical (unpaired) electrons. The average molecular weight is 312 g/mol. The second-order valence-corrected chi connectivity index (χ2v) is 6.28. The van der Waals surface area contributed by atoms with Crippen molar-refractivity contribution in [1.82, 2.24) is 20.0 Å². The minimum atomic E-state index is -3.61. The van der Waals surface area contributed by atoms with Crippen molar-refractivity contribution in [1.29, 1.82) is 0 Å². The molecule has 2 aromatic rings. The second kappa shape index (κ2) is 7.39. The van der Waals surface area contributed by atoms with E-state index in [-0.39, 0.29) is 11.6 Å². The molecule has 0 aliphatic heterocycles. The molecule has 2 rings (SSSR count). The van der Waals surface area contributed by atoms with E-state index < -0.39 is 10.0 Å². The fourth-order valence-electron chi connectivity index (χ4n) is 1.80. The van der Waals surface area contributed by atoms with Crippen LogP contribution in [0.3, 0.4) is 0 Å². The number of rotatable bonds is 9. The Morgan fingerprint density at radius 1 is 1.33 bits per heavy atom. The maximum Gasteiger partial charge on any atom is 0.273 e. The molecule has 0 aliphatic rings. The fourth-order valence-corrected chi connectivity index (χ4v) is 2.77. The van der Waals surface area contributed by atoms with Gasteiger partial charge in [-0.3, -0.25) is 0 Å². The second-order valence-electron chi connectivity index (χ2n) is 4.58. The van der Waals surface area contributed by atoms with Gasteiger partial charge in [0.2, 0.25) is 5.09 Å². The van der Waals surface area contributed by atoms with Crippen molar-refractivity contribution >= 4 is 10.0 Å². The number of sulfonamides is 1. The summed E-state index contributed by atoms with van der Waals surface area (Å²) in [6.07, 6.45) is 4.84. The Kier molecular flexibility index (Phi) is 5.54. The van der Waals surface area contributed by atoms with Crippen LogP contribution < -0.4 is 10.0 Å². The molecule has 2 aromatic heterocycles. The first-order valence-corrected chi connectivity index (χ1v) is 8.37. The quantitative estimate of drug-likeness (QED) is 0.600. The van der Waals surface area contributed by atoms with Crippen LogP contribution in [0.2, 0.25) is 0 Å². The molecule has 0 aromatic carbocycles. The number of nitrogens with zero attached hydrogens (tertiary/aromatic N) is 1. The Balaban J connectivity index is 1.86. The third kappa shape index (κ3) is 4.69. The number of hydrogen-bond donors (Lipinski definition) is 3. The lowest BCUT2D eigenvalue weighted by molar-refractivity contribution is 0.400. The predicted molar refractivity (Wildman–Crippen MR) is 78.2 cm³/mol. The smallest absolute Gasteiger partial charge is 0.273 e. The molecule has 116 valence electrons. The molecule has 0 saturated carbocycles. The highest BCUT2D eigenvalue weighted by Crippen LogP contribution is 2.13. The summed E-state index contributed by atoms with van der Waals surface area (Å²) in [6, 6.07) is 3.14. The summed E-state index contributed by atoms with van der Waals surface area (Å²) in [5.74, 6) is 1.34. The van der Waals surface area contributed by atoms with Crippen LogP contribution in [0, 0.1) is 0 Å². The molecular formula is C13H20N4O3S. The minimum Gasteiger partial charge on any atom is -0.447 e. The van der Waals surface area contributed by atoms with E-state index in [4.69, 9.17) is 4.42 Å². The Labute approximate surface area is 124 Å². The van der Waals surface area contributed by atoms with E-state index in [2.05, 4.69) is 26.9 Å². The fraction of sp³-hybridized carbons (Fsp3) is 0.462. The van der Waals surface area contributed by atoms with Crippen LogP contribution >= 0.6 is 0 Å². The van der Waals surface area contributed by atoms with Crippen molar-refractivity contribution in [2.75, 3.05) is 13.1 Å². The molecule has 2 heterocycles. The van der Waals surface area contributed by atoms with Crippen molar-refractivity contribution in [2.45, 2.75) is 31.4 Å². The summed E-state index contributed by atoms with van der Waals surface area (Å²) >= 11 is 0. The highest BCUT2D eigenvalue weighted by molar-refractivity contribution is 7.89. The molecule has 0 atom stereocenters. The number of nitrogens with one attached hydrogen (secondary N) is 3. The van der Waals surface area contributed by atoms with Crippen LogP contribution in [0.15, 0.2) is 34.0 Å². The Hall–Kier alpha value is -1.64. The first-order chi connectivity index (χ1) is 10.1. The van der Waals surface area contributed by atoms with Crippen LogP contribution in [0.25, 0.3) is 0 Å². The predicted octanol–water partition coefficient (Wildman–Crippen LogP) is 1.02. The van der Waals surface area contributed by atoms with E-state index >= 15 is 0 Å². The Bertz CT molecular complexity index is 634. The molecule has 21 heavy (non-hydrogen) atoms. The van der Waals surface area contributed by atoms with Crippen LogP contribution in [0.5, 0.6) is 0 Å². The van der Waals surface area contributed by atoms with Crippen molar-refractivity contribution in [3.8, 4) is 0 Å². The van der Waals surface area contributed by atoms with Gasteiger partial charge in [-0.05, 0) is 25.1 Å². The average Bonchev–Trinajstić information content (AvgIpc) is 3.10. The normalized spacial score (nSPS) is 11.9. The molecule has 0 spiro atoms. The molecule has 8 heteroatoms. The molecule has 0 bridgehead atoms. The summed E-state index contributed by atoms with van der Waals surface area (Å²) in [5, 5.41) is 3.10. The Morgan fingerprint density at radius 2 is 2.19 bits per heavy atom. The van der Waals surface area contributed by atoms with Gasteiger partial charge in [-0.1, -0.05) is 6.92 Å². The van der Waals surface area contributed by atoms with Crippen LogP contribution in [-0.2, 0) is 23.0 Å². The summed E-state index contributed by atoms with van der Waals surface area (Å²) in [4.78, 5) is 6.95. The maximum absolute atomic E-state index is 12.0. The number of aromatic amines is 1. The first-order valence-electron chi connectivity index (χ1n) is 6.89. The number of imidazole rings is 1. The van der Waals surface area contributed by atoms with Crippen molar-refractivity contribution in [3.05, 3.63) is 36.1 Å². The minimum absolute atomic E-state index is 0.0600. The van der Waals surface area contributed by atoms with Crippen LogP contribution in [-0.4, -0.2) is 31.5 Å². The number of furan rings is 1. The van der Waals surface area contributed by atoms with Gasteiger partial charge in [-0.25, -0.2) is 18.1 Å². The zero-order valence-electron chi connectivity index (χ0n) is 11.9. The number of hydrogen-bond acceptors (Lipinski definition) is 5. The summed E-state index contributed by atoms with van der Waals surface area (Å²) < 4.78 is 31.9. The van der Waals surface area contributed by atoms with Gasteiger partial charge < -0.3 is 14.7 Å². The van der Waals surface area contributed by atoms with Crippen molar-refractivity contribution in [2.24, 2.45) is 0 Å². The highest BCUT2D eigenvalue weighted by atomic mass is 32.2. The van der Waals surface area contributed by atoms with Gasteiger partial charge in [0.1, 0.15) is 11.6 Å². The van der Waals surface area contributed by atoms with Gasteiger partial charge in [0.05, 0.1) is 6.54 Å². The highest BCUT2D eigenvalue weighted by Gasteiger charge is 2.18. The third-order valence-electron chi connectivity index (χ3n) is 2.84. The van der Waals surface area contributed by atoms with Gasteiger partial charge >= 0.3 is 0 Å². The first kappa shape index (κ1) is 15.7. The summed E-state index contributed by atoms with van der Waals surface area (Å²) in [5.41, 5.74) is 0. The van der Waals surface area contributed by atoms with Crippen LogP contribution in [0.4, 0.5) is 0 Å². The van der Waals surface area contributed by atoms with E-state index in [0.717, 1.165) is 18.8 Å². The molecule has 0 unspecified atom stereocenters. The summed E-state index contributed by atoms with van der Waals surface area (Å²) in [6.45, 7) is 3.72. The van der Waals surface area contributed by atoms with E-state index in [9.17, 15) is 8.42 Å². The van der Waals surface area contributed by atoms with Gasteiger partial charge in [-0.15, -0.1) is 0 Å². The largest absolute Gasteiger partial charge is 0.447 e. The number of aromatic nitrogens is 2. The topological polar surface area (TPSA) is 100 Å². The molecule has 0 amide bonds. The monoisotopic (exact) mass is 312 g/mol. The number of H-pyrrole nitrogens is 1. The van der Waals surface area contributed by atoms with Gasteiger partial charge in [-0.2, -0.15) is 0 Å². The zero-order valence-corrected chi connectivity index (χ0v) is 12.7. The zero-order chi connectivity index (χ0) is 15.1. The summed E-state index contributed by atoms with van der Waals surface area (Å²) in [7, 11) is -3.61. The SMILES string of the molecule is CCCNCc1ccc(S(=O)(=O)NCCc2ncc[nH]2)o1. The molecule has 0 saturated heterocycles. The van der Waals surface area contributed by atoms with Gasteiger partial charge in [0.15, 0.2) is 0 Å². The van der Waals surface area contributed by atoms with E-state index in [1.54, 1.807) is 18.5 Å². The van der Waals surface area contributed by atoms with Gasteiger partial charge in [0.25, 0.3) is 10.0 Å². The van der Waals surface area contributed by atoms with Crippen LogP contribution in [0.1, 0.15) is 24.9 Å². The van der Waals surface area contributed by atoms with E-state index in [1.807, 2.05) is 0 Å². The van der Waals surface area contributed by atoms with Crippen molar-refractivity contribution in [3.63, 3.8) is 0 Å². The molecule has 0 aliphatic carbocycles. The Morgan fingerprint density at radius 3 is 2.90 bits per heavy atom.